The summed E-state index contributed by atoms with van der Waals surface area (Å²) in [6, 6.07) is 18.5. The third kappa shape index (κ3) is 5.70. The maximum atomic E-state index is 12.7. The molecule has 1 amide bonds. The van der Waals surface area contributed by atoms with Crippen molar-refractivity contribution in [3.8, 4) is 17.2 Å². The molecule has 0 radical (unpaired) electrons. The Morgan fingerprint density at radius 1 is 1.00 bits per heavy atom. The van der Waals surface area contributed by atoms with E-state index in [1.807, 2.05) is 60.7 Å². The van der Waals surface area contributed by atoms with E-state index in [4.69, 9.17) is 19.6 Å². The van der Waals surface area contributed by atoms with Gasteiger partial charge in [0, 0.05) is 30.4 Å². The van der Waals surface area contributed by atoms with Gasteiger partial charge in [0.2, 0.25) is 5.17 Å². The molecule has 2 aliphatic rings. The van der Waals surface area contributed by atoms with Crippen molar-refractivity contribution >= 4 is 39.8 Å². The molecule has 0 fully saturated rings. The molecule has 1 aromatic heterocycles. The molecule has 0 aliphatic carbocycles. The normalized spacial score (nSPS) is 15.8. The topological polar surface area (TPSA) is 109 Å². The minimum absolute atomic E-state index is 0.0160. The summed E-state index contributed by atoms with van der Waals surface area (Å²) in [5, 5.41) is 15.4. The van der Waals surface area contributed by atoms with Gasteiger partial charge in [0.15, 0.2) is 5.84 Å². The molecule has 0 atom stereocenters. The van der Waals surface area contributed by atoms with Crippen LogP contribution in [0.1, 0.15) is 17.5 Å². The van der Waals surface area contributed by atoms with Crippen LogP contribution in [0.5, 0.6) is 17.2 Å². The predicted octanol–water partition coefficient (Wildman–Crippen LogP) is 4.61. The van der Waals surface area contributed by atoms with Crippen molar-refractivity contribution in [3.63, 3.8) is 0 Å². The number of hydrogen-bond donors (Lipinski definition) is 1. The van der Waals surface area contributed by atoms with Gasteiger partial charge in [-0.05, 0) is 59.8 Å². The lowest BCUT2D eigenvalue weighted by molar-refractivity contribution is -0.114. The third-order valence-corrected chi connectivity index (χ3v) is 6.38. The van der Waals surface area contributed by atoms with Gasteiger partial charge in [-0.25, -0.2) is 0 Å². The van der Waals surface area contributed by atoms with E-state index in [9.17, 15) is 4.79 Å². The van der Waals surface area contributed by atoms with Crippen LogP contribution >= 0.6 is 11.8 Å². The molecule has 9 nitrogen and oxygen atoms in total. The second-order valence-electron chi connectivity index (χ2n) is 7.97. The molecule has 0 unspecified atom stereocenters. The molecule has 37 heavy (non-hydrogen) atoms. The van der Waals surface area contributed by atoms with Gasteiger partial charge in [-0.15, -0.1) is 0 Å². The highest BCUT2D eigenvalue weighted by Crippen LogP contribution is 2.30. The number of methoxy groups -OCH3 is 1. The summed E-state index contributed by atoms with van der Waals surface area (Å²) in [6.45, 7) is 1.01. The number of hydrazone groups is 1. The van der Waals surface area contributed by atoms with Crippen molar-refractivity contribution in [1.29, 1.82) is 5.41 Å². The number of aliphatic imine (C=N–C) groups is 1. The number of amidine groups is 2. The van der Waals surface area contributed by atoms with E-state index in [0.717, 1.165) is 22.6 Å². The zero-order chi connectivity index (χ0) is 25.6. The molecule has 3 aromatic rings. The van der Waals surface area contributed by atoms with Crippen LogP contribution in [0.3, 0.4) is 0 Å². The van der Waals surface area contributed by atoms with Crippen LogP contribution in [-0.4, -0.2) is 52.3 Å². The first-order chi connectivity index (χ1) is 18.1. The van der Waals surface area contributed by atoms with Crippen molar-refractivity contribution < 1.29 is 19.0 Å². The van der Waals surface area contributed by atoms with E-state index in [1.165, 1.54) is 16.8 Å². The largest absolute Gasteiger partial charge is 0.497 e. The number of nitrogens with one attached hydrogen (secondary N) is 1. The predicted molar refractivity (Wildman–Crippen MR) is 143 cm³/mol. The molecule has 2 aliphatic heterocycles. The maximum absolute atomic E-state index is 12.7. The van der Waals surface area contributed by atoms with Gasteiger partial charge >= 0.3 is 0 Å². The van der Waals surface area contributed by atoms with Crippen molar-refractivity contribution in [1.82, 2.24) is 9.99 Å². The van der Waals surface area contributed by atoms with Gasteiger partial charge in [-0.3, -0.25) is 15.2 Å². The van der Waals surface area contributed by atoms with E-state index < -0.39 is 5.91 Å². The average molecular weight is 514 g/mol. The van der Waals surface area contributed by atoms with E-state index in [2.05, 4.69) is 15.1 Å². The van der Waals surface area contributed by atoms with Crippen molar-refractivity contribution in [2.24, 2.45) is 10.1 Å². The maximum Gasteiger partial charge on any atom is 0.283 e. The summed E-state index contributed by atoms with van der Waals surface area (Å²) in [4.78, 5) is 20.9. The number of pyridine rings is 1. The van der Waals surface area contributed by atoms with Gasteiger partial charge in [-0.1, -0.05) is 18.2 Å². The highest BCUT2D eigenvalue weighted by molar-refractivity contribution is 8.27. The highest BCUT2D eigenvalue weighted by atomic mass is 32.2. The Labute approximate surface area is 218 Å². The SMILES string of the molecule is COc1cccc(OCCCOc2ccc(C=C3C(=N)N4N=C(c5cccnc5)SC4=NC3=O)cc2)c1. The lowest BCUT2D eigenvalue weighted by Crippen LogP contribution is -2.35. The van der Waals surface area contributed by atoms with Crippen LogP contribution in [0.25, 0.3) is 6.08 Å². The second kappa shape index (κ2) is 11.1. The smallest absolute Gasteiger partial charge is 0.283 e. The Kier molecular flexibility index (Phi) is 7.27. The Balaban J connectivity index is 1.16. The van der Waals surface area contributed by atoms with Crippen LogP contribution in [0.2, 0.25) is 0 Å². The van der Waals surface area contributed by atoms with Gasteiger partial charge in [0.05, 0.1) is 25.9 Å². The Hall–Kier alpha value is -4.44. The summed E-state index contributed by atoms with van der Waals surface area (Å²) >= 11 is 1.24. The minimum Gasteiger partial charge on any atom is -0.497 e. The molecule has 5 rings (SSSR count). The van der Waals surface area contributed by atoms with E-state index in [0.29, 0.717) is 35.6 Å². The molecule has 0 saturated carbocycles. The van der Waals surface area contributed by atoms with Crippen LogP contribution < -0.4 is 14.2 Å². The van der Waals surface area contributed by atoms with Gasteiger partial charge in [-0.2, -0.15) is 15.1 Å². The zero-order valence-electron chi connectivity index (χ0n) is 20.0. The molecule has 0 saturated heterocycles. The molecule has 0 spiro atoms. The number of benzene rings is 2. The summed E-state index contributed by atoms with van der Waals surface area (Å²) < 4.78 is 16.7. The lowest BCUT2D eigenvalue weighted by atomic mass is 10.1. The Morgan fingerprint density at radius 3 is 2.54 bits per heavy atom. The van der Waals surface area contributed by atoms with Crippen LogP contribution in [0.4, 0.5) is 0 Å². The standard InChI is InChI=1S/C27H23N5O4S/c1-34-21-6-2-7-22(16-21)36-14-4-13-35-20-10-8-18(9-11-20)15-23-24(28)32-27(30-25(23)33)37-26(31-32)19-5-3-12-29-17-19/h2-3,5-12,15-17,28H,4,13-14H2,1H3. The number of ether oxygens (including phenoxy) is 3. The molecule has 1 N–H and O–H groups in total. The number of carbonyl (C=O) groups is 1. The monoisotopic (exact) mass is 513 g/mol. The molecular formula is C27H23N5O4S. The van der Waals surface area contributed by atoms with Gasteiger partial charge < -0.3 is 14.2 Å². The first-order valence-electron chi connectivity index (χ1n) is 11.5. The molecule has 3 heterocycles. The zero-order valence-corrected chi connectivity index (χ0v) is 20.8. The van der Waals surface area contributed by atoms with Crippen molar-refractivity contribution in [3.05, 3.63) is 89.8 Å². The average Bonchev–Trinajstić information content (AvgIpc) is 3.36. The first-order valence-corrected chi connectivity index (χ1v) is 12.3. The summed E-state index contributed by atoms with van der Waals surface area (Å²) in [7, 11) is 1.62. The number of rotatable bonds is 9. The van der Waals surface area contributed by atoms with Gasteiger partial charge in [0.1, 0.15) is 22.3 Å². The molecule has 0 bridgehead atoms. The lowest BCUT2D eigenvalue weighted by Gasteiger charge is -2.20. The number of amides is 1. The number of nitrogens with zero attached hydrogens (tertiary/aromatic N) is 4. The van der Waals surface area contributed by atoms with Crippen molar-refractivity contribution in [2.45, 2.75) is 6.42 Å². The van der Waals surface area contributed by atoms with Crippen LogP contribution in [0.15, 0.2) is 88.7 Å². The van der Waals surface area contributed by atoms with Crippen LogP contribution in [-0.2, 0) is 4.79 Å². The molecule has 2 aromatic carbocycles. The second-order valence-corrected chi connectivity index (χ2v) is 8.92. The summed E-state index contributed by atoms with van der Waals surface area (Å²) in [6.07, 6.45) is 5.71. The molecule has 10 heteroatoms. The quantitative estimate of drug-likeness (QED) is 0.329. The fourth-order valence-electron chi connectivity index (χ4n) is 3.55. The minimum atomic E-state index is -0.470. The van der Waals surface area contributed by atoms with E-state index in [1.54, 1.807) is 25.6 Å². The van der Waals surface area contributed by atoms with Crippen LogP contribution in [0, 0.1) is 5.41 Å². The van der Waals surface area contributed by atoms with E-state index in [-0.39, 0.29) is 11.4 Å². The number of carbonyl (C=O) groups excluding carboxylic acids is 1. The fraction of sp³-hybridized carbons (Fsp3) is 0.148. The fourth-order valence-corrected chi connectivity index (χ4v) is 4.44. The highest BCUT2D eigenvalue weighted by Gasteiger charge is 2.36. The number of hydrogen-bond acceptors (Lipinski definition) is 8. The first kappa shape index (κ1) is 24.3. The molecule has 186 valence electrons. The Bertz CT molecular complexity index is 1400. The van der Waals surface area contributed by atoms with Crippen molar-refractivity contribution in [2.75, 3.05) is 20.3 Å². The summed E-state index contributed by atoms with van der Waals surface area (Å²) in [5.41, 5.74) is 1.73. The van der Waals surface area contributed by atoms with Gasteiger partial charge in [0.25, 0.3) is 5.91 Å². The Morgan fingerprint density at radius 2 is 1.78 bits per heavy atom. The third-order valence-electron chi connectivity index (χ3n) is 5.42. The van der Waals surface area contributed by atoms with E-state index >= 15 is 0 Å². The number of thioether (sulfide) groups is 1. The molecular weight excluding hydrogens is 490 g/mol. The summed E-state index contributed by atoms with van der Waals surface area (Å²) in [5.74, 6) is 1.72. The number of aromatic nitrogens is 1. The number of fused-ring (bicyclic) bond motifs is 1.